The fraction of sp³-hybridized carbons (Fsp3) is 0.417. The molecule has 3 amide bonds. The molecule has 1 heterocycles. The molecule has 0 aliphatic rings. The second-order valence-electron chi connectivity index (χ2n) is 8.70. The number of nitrogens with one attached hydrogen (secondary N) is 3. The van der Waals surface area contributed by atoms with Gasteiger partial charge < -0.3 is 10.4 Å². The minimum atomic E-state index is -4.02. The highest BCUT2D eigenvalue weighted by atomic mass is 32.2. The smallest absolute Gasteiger partial charge is 0.333 e. The van der Waals surface area contributed by atoms with Gasteiger partial charge in [-0.05, 0) is 56.4 Å². The third-order valence-electron chi connectivity index (χ3n) is 5.23. The van der Waals surface area contributed by atoms with E-state index in [2.05, 4.69) is 21.2 Å². The van der Waals surface area contributed by atoms with Gasteiger partial charge in [-0.3, -0.25) is 20.0 Å². The largest absolute Gasteiger partial charge is 0.480 e. The second kappa shape index (κ2) is 13.5. The van der Waals surface area contributed by atoms with Gasteiger partial charge in [-0.15, -0.1) is 0 Å². The van der Waals surface area contributed by atoms with Crippen LogP contribution in [0, 0.1) is 12.8 Å². The van der Waals surface area contributed by atoms with Crippen LogP contribution in [-0.4, -0.2) is 59.9 Å². The molecule has 0 saturated carbocycles. The first kappa shape index (κ1) is 28.7. The number of carbonyl (C=O) groups excluding carboxylic acids is 2. The highest BCUT2D eigenvalue weighted by Crippen LogP contribution is 2.23. The summed E-state index contributed by atoms with van der Waals surface area (Å²) in [6, 6.07) is 7.42. The zero-order chi connectivity index (χ0) is 26.7. The van der Waals surface area contributed by atoms with E-state index in [0.717, 1.165) is 9.87 Å². The molecule has 0 fully saturated rings. The van der Waals surface area contributed by atoms with Gasteiger partial charge in [-0.2, -0.15) is 4.31 Å². The molecular weight excluding hydrogens is 486 g/mol. The van der Waals surface area contributed by atoms with Crippen molar-refractivity contribution < 1.29 is 27.9 Å². The Balaban J connectivity index is 1.90. The number of aromatic nitrogens is 1. The Morgan fingerprint density at radius 2 is 1.64 bits per heavy atom. The van der Waals surface area contributed by atoms with Crippen molar-refractivity contribution in [3.05, 3.63) is 59.9 Å². The van der Waals surface area contributed by atoms with Crippen LogP contribution >= 0.6 is 0 Å². The van der Waals surface area contributed by atoms with E-state index in [1.54, 1.807) is 12.1 Å². The molecule has 0 aliphatic heterocycles. The minimum Gasteiger partial charge on any atom is -0.480 e. The van der Waals surface area contributed by atoms with Crippen LogP contribution in [0.1, 0.15) is 49.0 Å². The van der Waals surface area contributed by atoms with Crippen molar-refractivity contribution in [3.63, 3.8) is 0 Å². The highest BCUT2D eigenvalue weighted by Gasteiger charge is 2.35. The van der Waals surface area contributed by atoms with Crippen LogP contribution in [-0.2, 0) is 14.8 Å². The molecule has 0 saturated heterocycles. The van der Waals surface area contributed by atoms with Gasteiger partial charge in [-0.25, -0.2) is 18.6 Å². The SMILES string of the molecule is Cc1ccc(S(=O)(=O)N(CC(C)C)[C@@H](CCCCNC(=O)NNC(=O)c2ccncc2)C(=O)O)cc1. The van der Waals surface area contributed by atoms with E-state index in [9.17, 15) is 27.9 Å². The summed E-state index contributed by atoms with van der Waals surface area (Å²) in [4.78, 5) is 39.7. The Bertz CT molecular complexity index is 1120. The molecule has 2 aromatic rings. The van der Waals surface area contributed by atoms with Crippen LogP contribution in [0.3, 0.4) is 0 Å². The summed E-state index contributed by atoms with van der Waals surface area (Å²) in [6.45, 7) is 5.76. The maximum absolute atomic E-state index is 13.3. The lowest BCUT2D eigenvalue weighted by atomic mass is 10.1. The summed E-state index contributed by atoms with van der Waals surface area (Å²) >= 11 is 0. The van der Waals surface area contributed by atoms with E-state index in [1.807, 2.05) is 20.8 Å². The number of hydrogen-bond donors (Lipinski definition) is 4. The van der Waals surface area contributed by atoms with Gasteiger partial charge in [0.25, 0.3) is 5.91 Å². The number of urea groups is 1. The fourth-order valence-electron chi connectivity index (χ4n) is 3.39. The number of rotatable bonds is 12. The minimum absolute atomic E-state index is 0.0483. The number of benzene rings is 1. The first-order chi connectivity index (χ1) is 17.0. The van der Waals surface area contributed by atoms with Gasteiger partial charge in [0.1, 0.15) is 6.04 Å². The third-order valence-corrected chi connectivity index (χ3v) is 7.12. The van der Waals surface area contributed by atoms with Gasteiger partial charge in [0.15, 0.2) is 0 Å². The lowest BCUT2D eigenvalue weighted by Gasteiger charge is -2.29. The number of sulfonamides is 1. The van der Waals surface area contributed by atoms with Crippen LogP contribution in [0.2, 0.25) is 0 Å². The number of carboxylic acids is 1. The molecule has 2 rings (SSSR count). The first-order valence-corrected chi connectivity index (χ1v) is 13.0. The summed E-state index contributed by atoms with van der Waals surface area (Å²) in [6.07, 6.45) is 3.75. The molecule has 11 nitrogen and oxygen atoms in total. The molecule has 0 bridgehead atoms. The quantitative estimate of drug-likeness (QED) is 0.247. The zero-order valence-corrected chi connectivity index (χ0v) is 21.4. The van der Waals surface area contributed by atoms with Crippen molar-refractivity contribution in [1.82, 2.24) is 25.5 Å². The molecule has 0 aliphatic carbocycles. The maximum Gasteiger partial charge on any atom is 0.333 e. The number of aliphatic carboxylic acids is 1. The van der Waals surface area contributed by atoms with E-state index < -0.39 is 34.0 Å². The molecule has 12 heteroatoms. The van der Waals surface area contributed by atoms with Gasteiger partial charge in [0.05, 0.1) is 4.90 Å². The van der Waals surface area contributed by atoms with Crippen LogP contribution in [0.5, 0.6) is 0 Å². The van der Waals surface area contributed by atoms with Crippen LogP contribution < -0.4 is 16.2 Å². The molecule has 1 atom stereocenters. The summed E-state index contributed by atoms with van der Waals surface area (Å²) in [5, 5.41) is 12.4. The molecular formula is C24H33N5O6S. The topological polar surface area (TPSA) is 158 Å². The van der Waals surface area contributed by atoms with Crippen LogP contribution in [0.25, 0.3) is 0 Å². The molecule has 1 aromatic carbocycles. The van der Waals surface area contributed by atoms with E-state index in [-0.39, 0.29) is 30.3 Å². The molecule has 36 heavy (non-hydrogen) atoms. The number of aryl methyl sites for hydroxylation is 1. The van der Waals surface area contributed by atoms with Crippen molar-refractivity contribution >= 4 is 27.9 Å². The number of pyridine rings is 1. The number of amides is 3. The van der Waals surface area contributed by atoms with Crippen molar-refractivity contribution in [2.45, 2.75) is 51.0 Å². The Kier molecular flexibility index (Phi) is 10.8. The number of carboxylic acid groups (broad SMARTS) is 1. The molecule has 1 aromatic heterocycles. The first-order valence-electron chi connectivity index (χ1n) is 11.6. The molecule has 4 N–H and O–H groups in total. The van der Waals surface area contributed by atoms with Gasteiger partial charge in [-0.1, -0.05) is 31.5 Å². The lowest BCUT2D eigenvalue weighted by Crippen LogP contribution is -2.47. The fourth-order valence-corrected chi connectivity index (χ4v) is 5.16. The monoisotopic (exact) mass is 519 g/mol. The number of nitrogens with zero attached hydrogens (tertiary/aromatic N) is 2. The summed E-state index contributed by atoms with van der Waals surface area (Å²) in [5.74, 6) is -1.81. The van der Waals surface area contributed by atoms with Crippen molar-refractivity contribution in [2.24, 2.45) is 5.92 Å². The lowest BCUT2D eigenvalue weighted by molar-refractivity contribution is -0.141. The average molecular weight is 520 g/mol. The summed E-state index contributed by atoms with van der Waals surface area (Å²) < 4.78 is 27.6. The number of carbonyl (C=O) groups is 3. The third kappa shape index (κ3) is 8.61. The van der Waals surface area contributed by atoms with Crippen molar-refractivity contribution in [3.8, 4) is 0 Å². The van der Waals surface area contributed by atoms with E-state index in [4.69, 9.17) is 0 Å². The van der Waals surface area contributed by atoms with Crippen LogP contribution in [0.4, 0.5) is 4.79 Å². The number of hydrazine groups is 1. The molecule has 0 unspecified atom stereocenters. The van der Waals surface area contributed by atoms with Crippen molar-refractivity contribution in [1.29, 1.82) is 0 Å². The van der Waals surface area contributed by atoms with Crippen LogP contribution in [0.15, 0.2) is 53.7 Å². The van der Waals surface area contributed by atoms with Crippen molar-refractivity contribution in [2.75, 3.05) is 13.1 Å². The number of unbranched alkanes of at least 4 members (excludes halogenated alkanes) is 1. The summed E-state index contributed by atoms with van der Waals surface area (Å²) in [5.41, 5.74) is 5.72. The second-order valence-corrected chi connectivity index (χ2v) is 10.6. The van der Waals surface area contributed by atoms with E-state index >= 15 is 0 Å². The van der Waals surface area contributed by atoms with Gasteiger partial charge >= 0.3 is 12.0 Å². The summed E-state index contributed by atoms with van der Waals surface area (Å²) in [7, 11) is -4.02. The van der Waals surface area contributed by atoms with Gasteiger partial charge in [0, 0.05) is 31.0 Å². The predicted molar refractivity (Wildman–Crippen MR) is 133 cm³/mol. The maximum atomic E-state index is 13.3. The zero-order valence-electron chi connectivity index (χ0n) is 20.6. The predicted octanol–water partition coefficient (Wildman–Crippen LogP) is 2.30. The Morgan fingerprint density at radius 3 is 2.22 bits per heavy atom. The molecule has 196 valence electrons. The highest BCUT2D eigenvalue weighted by molar-refractivity contribution is 7.89. The van der Waals surface area contributed by atoms with E-state index in [0.29, 0.717) is 18.4 Å². The normalized spacial score (nSPS) is 12.2. The number of hydrogen-bond acceptors (Lipinski definition) is 6. The molecule has 0 spiro atoms. The standard InChI is InChI=1S/C24H33N5O6S/c1-17(2)16-29(36(34,35)20-9-7-18(3)8-10-20)21(23(31)32)6-4-5-13-26-24(33)28-27-22(30)19-11-14-25-15-12-19/h7-12,14-15,17,21H,4-6,13,16H2,1-3H3,(H,27,30)(H,31,32)(H2,26,28,33)/t21-/m0/s1. The molecule has 0 radical (unpaired) electrons. The van der Waals surface area contributed by atoms with E-state index in [1.165, 1.54) is 36.7 Å². The Labute approximate surface area is 211 Å². The van der Waals surface area contributed by atoms with Gasteiger partial charge in [0.2, 0.25) is 10.0 Å². The Hall–Kier alpha value is -3.51. The average Bonchev–Trinajstić information content (AvgIpc) is 2.84. The Morgan fingerprint density at radius 1 is 1.00 bits per heavy atom.